The van der Waals surface area contributed by atoms with Crippen LogP contribution in [0, 0.1) is 0 Å². The lowest BCUT2D eigenvalue weighted by molar-refractivity contribution is 0.754. The fraction of sp³-hybridized carbons (Fsp3) is 0.154. The summed E-state index contributed by atoms with van der Waals surface area (Å²) in [6, 6.07) is 7.51. The van der Waals surface area contributed by atoms with Gasteiger partial charge in [0.15, 0.2) is 0 Å². The highest BCUT2D eigenvalue weighted by atomic mass is 35.5. The fourth-order valence-electron chi connectivity index (χ4n) is 2.00. The molecule has 0 atom stereocenters. The van der Waals surface area contributed by atoms with Gasteiger partial charge in [0.05, 0.1) is 29.2 Å². The van der Waals surface area contributed by atoms with Crippen molar-refractivity contribution in [2.45, 2.75) is 12.4 Å². The third kappa shape index (κ3) is 2.41. The van der Waals surface area contributed by atoms with E-state index >= 15 is 0 Å². The SMILES string of the molecule is ClCc1nc2cc(Cl)ccc2n1Cc1ccncn1. The molecule has 0 unspecified atom stereocenters. The largest absolute Gasteiger partial charge is 0.321 e. The molecule has 96 valence electrons. The lowest BCUT2D eigenvalue weighted by Crippen LogP contribution is -2.05. The second-order valence-electron chi connectivity index (χ2n) is 4.08. The average molecular weight is 293 g/mol. The molecule has 0 saturated heterocycles. The minimum atomic E-state index is 0.345. The molecule has 2 aromatic heterocycles. The number of imidazole rings is 1. The summed E-state index contributed by atoms with van der Waals surface area (Å²) < 4.78 is 2.04. The molecular weight excluding hydrogens is 283 g/mol. The van der Waals surface area contributed by atoms with Crippen LogP contribution in [0.25, 0.3) is 11.0 Å². The molecule has 1 aromatic carbocycles. The summed E-state index contributed by atoms with van der Waals surface area (Å²) in [4.78, 5) is 12.6. The van der Waals surface area contributed by atoms with Crippen molar-refractivity contribution in [1.29, 1.82) is 0 Å². The summed E-state index contributed by atoms with van der Waals surface area (Å²) in [5.74, 6) is 1.15. The maximum Gasteiger partial charge on any atom is 0.125 e. The molecule has 0 aliphatic rings. The van der Waals surface area contributed by atoms with Crippen molar-refractivity contribution >= 4 is 34.2 Å². The van der Waals surface area contributed by atoms with E-state index in [4.69, 9.17) is 23.2 Å². The van der Waals surface area contributed by atoms with Gasteiger partial charge in [-0.1, -0.05) is 11.6 Å². The monoisotopic (exact) mass is 292 g/mol. The number of rotatable bonds is 3. The predicted octanol–water partition coefficient (Wildman–Crippen LogP) is 3.27. The minimum absolute atomic E-state index is 0.345. The average Bonchev–Trinajstić information content (AvgIpc) is 2.77. The van der Waals surface area contributed by atoms with Crippen LogP contribution >= 0.6 is 23.2 Å². The normalized spacial score (nSPS) is 11.1. The highest BCUT2D eigenvalue weighted by Crippen LogP contribution is 2.22. The zero-order valence-corrected chi connectivity index (χ0v) is 11.4. The summed E-state index contributed by atoms with van der Waals surface area (Å²) >= 11 is 11.9. The van der Waals surface area contributed by atoms with Crippen LogP contribution in [0.4, 0.5) is 0 Å². The van der Waals surface area contributed by atoms with Gasteiger partial charge >= 0.3 is 0 Å². The molecule has 0 bridgehead atoms. The van der Waals surface area contributed by atoms with E-state index in [0.29, 0.717) is 17.4 Å². The van der Waals surface area contributed by atoms with Crippen LogP contribution in [0.3, 0.4) is 0 Å². The molecule has 6 heteroatoms. The Morgan fingerprint density at radius 2 is 2.11 bits per heavy atom. The molecule has 0 amide bonds. The van der Waals surface area contributed by atoms with Crippen molar-refractivity contribution in [1.82, 2.24) is 19.5 Å². The van der Waals surface area contributed by atoms with Gasteiger partial charge in [-0.2, -0.15) is 0 Å². The first-order chi connectivity index (χ1) is 9.28. The molecule has 0 aliphatic carbocycles. The third-order valence-electron chi connectivity index (χ3n) is 2.87. The molecule has 0 spiro atoms. The van der Waals surface area contributed by atoms with E-state index in [1.807, 2.05) is 28.8 Å². The van der Waals surface area contributed by atoms with E-state index in [0.717, 1.165) is 22.6 Å². The van der Waals surface area contributed by atoms with Gasteiger partial charge in [0.1, 0.15) is 12.2 Å². The van der Waals surface area contributed by atoms with Crippen LogP contribution in [-0.4, -0.2) is 19.5 Å². The number of alkyl halides is 1. The van der Waals surface area contributed by atoms with Gasteiger partial charge in [-0.15, -0.1) is 11.6 Å². The zero-order chi connectivity index (χ0) is 13.2. The standard InChI is InChI=1S/C13H10Cl2N4/c14-6-13-18-11-5-9(15)1-2-12(11)19(13)7-10-3-4-16-8-17-10/h1-5,8H,6-7H2. The van der Waals surface area contributed by atoms with Crippen molar-refractivity contribution in [2.24, 2.45) is 0 Å². The fourth-order valence-corrected chi connectivity index (χ4v) is 2.38. The summed E-state index contributed by atoms with van der Waals surface area (Å²) in [6.45, 7) is 0.614. The smallest absolute Gasteiger partial charge is 0.125 e. The van der Waals surface area contributed by atoms with Crippen LogP contribution in [-0.2, 0) is 12.4 Å². The highest BCUT2D eigenvalue weighted by molar-refractivity contribution is 6.31. The summed E-state index contributed by atoms with van der Waals surface area (Å²) in [5.41, 5.74) is 2.76. The number of benzene rings is 1. The van der Waals surface area contributed by atoms with Gasteiger partial charge in [0.2, 0.25) is 0 Å². The van der Waals surface area contributed by atoms with Gasteiger partial charge in [-0.05, 0) is 24.3 Å². The van der Waals surface area contributed by atoms with Gasteiger partial charge in [0, 0.05) is 11.2 Å². The number of nitrogens with zero attached hydrogens (tertiary/aromatic N) is 4. The van der Waals surface area contributed by atoms with E-state index in [1.54, 1.807) is 6.20 Å². The zero-order valence-electron chi connectivity index (χ0n) is 9.92. The number of aromatic nitrogens is 4. The lowest BCUT2D eigenvalue weighted by atomic mass is 10.3. The van der Waals surface area contributed by atoms with Gasteiger partial charge in [-0.25, -0.2) is 15.0 Å². The van der Waals surface area contributed by atoms with E-state index in [9.17, 15) is 0 Å². The Bertz CT molecular complexity index is 709. The van der Waals surface area contributed by atoms with E-state index in [1.165, 1.54) is 6.33 Å². The Kier molecular flexibility index (Phi) is 3.36. The first-order valence-electron chi connectivity index (χ1n) is 5.73. The van der Waals surface area contributed by atoms with Crippen molar-refractivity contribution in [3.63, 3.8) is 0 Å². The molecule has 0 fully saturated rings. The van der Waals surface area contributed by atoms with Crippen LogP contribution in [0.1, 0.15) is 11.5 Å². The third-order valence-corrected chi connectivity index (χ3v) is 3.35. The molecule has 0 aliphatic heterocycles. The first-order valence-corrected chi connectivity index (χ1v) is 6.64. The summed E-state index contributed by atoms with van der Waals surface area (Å²) in [7, 11) is 0. The molecule has 3 aromatic rings. The Morgan fingerprint density at radius 3 is 2.84 bits per heavy atom. The van der Waals surface area contributed by atoms with E-state index < -0.39 is 0 Å². The van der Waals surface area contributed by atoms with Crippen LogP contribution in [0.5, 0.6) is 0 Å². The van der Waals surface area contributed by atoms with Crippen LogP contribution < -0.4 is 0 Å². The van der Waals surface area contributed by atoms with Crippen molar-refractivity contribution < 1.29 is 0 Å². The Hall–Kier alpha value is -1.65. The molecule has 3 rings (SSSR count). The van der Waals surface area contributed by atoms with Crippen LogP contribution in [0.2, 0.25) is 5.02 Å². The Labute approximate surface area is 120 Å². The first kappa shape index (κ1) is 12.4. The summed E-state index contributed by atoms with van der Waals surface area (Å²) in [6.07, 6.45) is 3.25. The molecule has 0 radical (unpaired) electrons. The Morgan fingerprint density at radius 1 is 1.21 bits per heavy atom. The van der Waals surface area contributed by atoms with Crippen LogP contribution in [0.15, 0.2) is 36.8 Å². The minimum Gasteiger partial charge on any atom is -0.321 e. The maximum atomic E-state index is 5.98. The van der Waals surface area contributed by atoms with Crippen molar-refractivity contribution in [3.8, 4) is 0 Å². The van der Waals surface area contributed by atoms with Crippen molar-refractivity contribution in [3.05, 3.63) is 53.3 Å². The highest BCUT2D eigenvalue weighted by Gasteiger charge is 2.11. The molecule has 0 N–H and O–H groups in total. The van der Waals surface area contributed by atoms with Gasteiger partial charge in [0.25, 0.3) is 0 Å². The second-order valence-corrected chi connectivity index (χ2v) is 4.79. The van der Waals surface area contributed by atoms with Gasteiger partial charge in [-0.3, -0.25) is 0 Å². The molecule has 4 nitrogen and oxygen atoms in total. The van der Waals surface area contributed by atoms with E-state index in [2.05, 4.69) is 15.0 Å². The molecule has 2 heterocycles. The quantitative estimate of drug-likeness (QED) is 0.696. The summed E-state index contributed by atoms with van der Waals surface area (Å²) in [5, 5.41) is 0.667. The van der Waals surface area contributed by atoms with Crippen molar-refractivity contribution in [2.75, 3.05) is 0 Å². The maximum absolute atomic E-state index is 5.98. The topological polar surface area (TPSA) is 43.6 Å². The molecule has 0 saturated carbocycles. The Balaban J connectivity index is 2.11. The number of halogens is 2. The lowest BCUT2D eigenvalue weighted by Gasteiger charge is -2.06. The number of hydrogen-bond acceptors (Lipinski definition) is 3. The second kappa shape index (κ2) is 5.15. The molecular formula is C13H10Cl2N4. The number of hydrogen-bond donors (Lipinski definition) is 0. The number of fused-ring (bicyclic) bond motifs is 1. The van der Waals surface area contributed by atoms with Gasteiger partial charge < -0.3 is 4.57 Å². The predicted molar refractivity (Wildman–Crippen MR) is 75.4 cm³/mol. The van der Waals surface area contributed by atoms with E-state index in [-0.39, 0.29) is 0 Å². The molecule has 19 heavy (non-hydrogen) atoms.